The van der Waals surface area contributed by atoms with Gasteiger partial charge in [-0.1, -0.05) is 33.6 Å². The van der Waals surface area contributed by atoms with E-state index < -0.39 is 0 Å². The third-order valence-corrected chi connectivity index (χ3v) is 2.39. The van der Waals surface area contributed by atoms with Gasteiger partial charge in [-0.05, 0) is 25.7 Å². The monoisotopic (exact) mass is 355 g/mol. The van der Waals surface area contributed by atoms with E-state index in [1.54, 1.807) is 0 Å². The minimum atomic E-state index is 0. The predicted octanol–water partition coefficient (Wildman–Crippen LogP) is 3.40. The summed E-state index contributed by atoms with van der Waals surface area (Å²) in [4.78, 5) is 4.54. The molecule has 3 nitrogen and oxygen atoms in total. The third kappa shape index (κ3) is 13.9. The molecule has 0 saturated carbocycles. The molecule has 0 aromatic carbocycles. The molecular formula is C13H30IN3. The molecule has 0 saturated heterocycles. The van der Waals surface area contributed by atoms with Gasteiger partial charge in [0.2, 0.25) is 0 Å². The summed E-state index contributed by atoms with van der Waals surface area (Å²) in [5.74, 6) is 1.72. The van der Waals surface area contributed by atoms with E-state index in [0.29, 0.717) is 0 Å². The van der Waals surface area contributed by atoms with E-state index in [9.17, 15) is 0 Å². The number of guanidine groups is 1. The molecule has 0 heterocycles. The average molecular weight is 355 g/mol. The van der Waals surface area contributed by atoms with Crippen molar-refractivity contribution >= 4 is 29.9 Å². The molecule has 0 spiro atoms. The molecule has 4 heteroatoms. The van der Waals surface area contributed by atoms with Crippen molar-refractivity contribution in [1.29, 1.82) is 0 Å². The van der Waals surface area contributed by atoms with Gasteiger partial charge in [0, 0.05) is 19.6 Å². The van der Waals surface area contributed by atoms with E-state index in [2.05, 4.69) is 43.3 Å². The highest BCUT2D eigenvalue weighted by Crippen LogP contribution is 1.96. The number of unbranched alkanes of at least 4 members (excludes halogenated alkanes) is 2. The van der Waals surface area contributed by atoms with Crippen LogP contribution in [-0.2, 0) is 0 Å². The standard InChI is InChI=1S/C13H29N3.HI/c1-5-7-8-10-15-13(14-6-2)16-11-9-12(3)4;/h12H,5-11H2,1-4H3,(H2,14,15,16);1H. The zero-order valence-corrected chi connectivity index (χ0v) is 14.2. The van der Waals surface area contributed by atoms with E-state index >= 15 is 0 Å². The fourth-order valence-corrected chi connectivity index (χ4v) is 1.37. The Morgan fingerprint density at radius 2 is 1.82 bits per heavy atom. The molecule has 0 aromatic heterocycles. The van der Waals surface area contributed by atoms with Gasteiger partial charge in [-0.25, -0.2) is 0 Å². The molecule has 0 bridgehead atoms. The zero-order chi connectivity index (χ0) is 12.2. The molecule has 0 atom stereocenters. The van der Waals surface area contributed by atoms with Crippen LogP contribution < -0.4 is 10.6 Å². The van der Waals surface area contributed by atoms with Gasteiger partial charge in [-0.15, -0.1) is 24.0 Å². The molecule has 0 rings (SSSR count). The van der Waals surface area contributed by atoms with Crippen LogP contribution in [-0.4, -0.2) is 25.6 Å². The van der Waals surface area contributed by atoms with Gasteiger partial charge in [0.15, 0.2) is 5.96 Å². The van der Waals surface area contributed by atoms with Gasteiger partial charge in [0.1, 0.15) is 0 Å². The lowest BCUT2D eigenvalue weighted by Crippen LogP contribution is -2.38. The van der Waals surface area contributed by atoms with Crippen molar-refractivity contribution in [2.75, 3.05) is 19.6 Å². The van der Waals surface area contributed by atoms with Gasteiger partial charge in [0.25, 0.3) is 0 Å². The zero-order valence-electron chi connectivity index (χ0n) is 11.9. The number of rotatable bonds is 8. The Morgan fingerprint density at radius 3 is 2.35 bits per heavy atom. The Morgan fingerprint density at radius 1 is 1.12 bits per heavy atom. The Labute approximate surface area is 124 Å². The minimum absolute atomic E-state index is 0. The topological polar surface area (TPSA) is 36.4 Å². The molecule has 0 aliphatic carbocycles. The fraction of sp³-hybridized carbons (Fsp3) is 0.923. The molecule has 0 aromatic rings. The minimum Gasteiger partial charge on any atom is -0.357 e. The first-order valence-electron chi connectivity index (χ1n) is 6.72. The van der Waals surface area contributed by atoms with Gasteiger partial charge in [-0.3, -0.25) is 4.99 Å². The molecule has 0 fully saturated rings. The molecule has 0 amide bonds. The van der Waals surface area contributed by atoms with Crippen LogP contribution in [0.1, 0.15) is 53.4 Å². The lowest BCUT2D eigenvalue weighted by Gasteiger charge is -2.12. The Bertz CT molecular complexity index is 182. The third-order valence-electron chi connectivity index (χ3n) is 2.39. The lowest BCUT2D eigenvalue weighted by molar-refractivity contribution is 0.573. The maximum absolute atomic E-state index is 4.54. The molecule has 0 radical (unpaired) electrons. The quantitative estimate of drug-likeness (QED) is 0.303. The average Bonchev–Trinajstić information content (AvgIpc) is 2.23. The van der Waals surface area contributed by atoms with Crippen LogP contribution in [0.5, 0.6) is 0 Å². The smallest absolute Gasteiger partial charge is 0.191 e. The van der Waals surface area contributed by atoms with Crippen LogP contribution in [0.3, 0.4) is 0 Å². The summed E-state index contributed by atoms with van der Waals surface area (Å²) >= 11 is 0. The number of hydrogen-bond acceptors (Lipinski definition) is 1. The molecule has 17 heavy (non-hydrogen) atoms. The normalized spacial score (nSPS) is 11.2. The van der Waals surface area contributed by atoms with Gasteiger partial charge in [0.05, 0.1) is 0 Å². The highest BCUT2D eigenvalue weighted by molar-refractivity contribution is 14.0. The Kier molecular flexibility index (Phi) is 16.0. The molecular weight excluding hydrogens is 325 g/mol. The molecule has 0 unspecified atom stereocenters. The van der Waals surface area contributed by atoms with Crippen molar-refractivity contribution in [3.8, 4) is 0 Å². The van der Waals surface area contributed by atoms with Crippen LogP contribution in [0.25, 0.3) is 0 Å². The Hall–Kier alpha value is 0. The van der Waals surface area contributed by atoms with Crippen molar-refractivity contribution in [1.82, 2.24) is 10.6 Å². The summed E-state index contributed by atoms with van der Waals surface area (Å²) in [5.41, 5.74) is 0. The van der Waals surface area contributed by atoms with Crippen molar-refractivity contribution in [2.45, 2.75) is 53.4 Å². The van der Waals surface area contributed by atoms with Crippen molar-refractivity contribution in [3.63, 3.8) is 0 Å². The summed E-state index contributed by atoms with van der Waals surface area (Å²) in [6, 6.07) is 0. The van der Waals surface area contributed by atoms with Gasteiger partial charge >= 0.3 is 0 Å². The largest absolute Gasteiger partial charge is 0.357 e. The molecule has 104 valence electrons. The second-order valence-corrected chi connectivity index (χ2v) is 4.58. The summed E-state index contributed by atoms with van der Waals surface area (Å²) in [5, 5.41) is 6.64. The van der Waals surface area contributed by atoms with Crippen molar-refractivity contribution in [3.05, 3.63) is 0 Å². The summed E-state index contributed by atoms with van der Waals surface area (Å²) < 4.78 is 0. The highest BCUT2D eigenvalue weighted by Gasteiger charge is 1.97. The first-order valence-corrected chi connectivity index (χ1v) is 6.72. The summed E-state index contributed by atoms with van der Waals surface area (Å²) in [7, 11) is 0. The second-order valence-electron chi connectivity index (χ2n) is 4.58. The second kappa shape index (κ2) is 14.1. The van der Waals surface area contributed by atoms with Crippen LogP contribution in [0.4, 0.5) is 0 Å². The summed E-state index contributed by atoms with van der Waals surface area (Å²) in [6.45, 7) is 11.7. The van der Waals surface area contributed by atoms with E-state index in [1.165, 1.54) is 25.7 Å². The van der Waals surface area contributed by atoms with Gasteiger partial charge < -0.3 is 10.6 Å². The molecule has 2 N–H and O–H groups in total. The van der Waals surface area contributed by atoms with Crippen LogP contribution in [0.15, 0.2) is 4.99 Å². The number of nitrogens with zero attached hydrogens (tertiary/aromatic N) is 1. The van der Waals surface area contributed by atoms with Crippen LogP contribution in [0, 0.1) is 5.92 Å². The van der Waals surface area contributed by atoms with E-state index in [0.717, 1.165) is 31.5 Å². The van der Waals surface area contributed by atoms with Crippen LogP contribution in [0.2, 0.25) is 0 Å². The van der Waals surface area contributed by atoms with E-state index in [1.807, 2.05) is 0 Å². The maximum atomic E-state index is 4.54. The van der Waals surface area contributed by atoms with Crippen LogP contribution >= 0.6 is 24.0 Å². The van der Waals surface area contributed by atoms with E-state index in [-0.39, 0.29) is 24.0 Å². The van der Waals surface area contributed by atoms with Crippen molar-refractivity contribution in [2.24, 2.45) is 10.9 Å². The predicted molar refractivity (Wildman–Crippen MR) is 88.4 cm³/mol. The first-order chi connectivity index (χ1) is 7.70. The number of aliphatic imine (C=N–C) groups is 1. The number of nitrogens with one attached hydrogen (secondary N) is 2. The first kappa shape index (κ1) is 19.3. The maximum Gasteiger partial charge on any atom is 0.191 e. The van der Waals surface area contributed by atoms with E-state index in [4.69, 9.17) is 0 Å². The molecule has 0 aliphatic rings. The summed E-state index contributed by atoms with van der Waals surface area (Å²) in [6.07, 6.45) is 4.92. The molecule has 0 aliphatic heterocycles. The highest BCUT2D eigenvalue weighted by atomic mass is 127. The van der Waals surface area contributed by atoms with Crippen molar-refractivity contribution < 1.29 is 0 Å². The number of halogens is 1. The number of hydrogen-bond donors (Lipinski definition) is 2. The lowest BCUT2D eigenvalue weighted by atomic mass is 10.1. The SMILES string of the molecule is CCCCCN=C(NCC)NCCC(C)C.I. The van der Waals surface area contributed by atoms with Gasteiger partial charge in [-0.2, -0.15) is 0 Å². The Balaban J connectivity index is 0. The fourth-order valence-electron chi connectivity index (χ4n) is 1.37.